The van der Waals surface area contributed by atoms with Crippen LogP contribution in [0.2, 0.25) is 5.02 Å². The number of nitrogens with one attached hydrogen (secondary N) is 1. The van der Waals surface area contributed by atoms with Crippen LogP contribution in [0.15, 0.2) is 54.6 Å². The third-order valence-corrected chi connectivity index (χ3v) is 6.49. The molecule has 1 aliphatic heterocycles. The number of hydrogen-bond donors (Lipinski definition) is 1. The monoisotopic (exact) mass is 462 g/mol. The van der Waals surface area contributed by atoms with Gasteiger partial charge in [-0.3, -0.25) is 4.79 Å². The normalized spacial score (nSPS) is 14.1. The molecule has 1 amide bonds. The molecule has 1 fully saturated rings. The molecule has 0 spiro atoms. The summed E-state index contributed by atoms with van der Waals surface area (Å²) >= 11 is 6.28. The van der Waals surface area contributed by atoms with E-state index in [1.165, 1.54) is 12.1 Å². The first kappa shape index (κ1) is 22.8. The summed E-state index contributed by atoms with van der Waals surface area (Å²) < 4.78 is 13.8. The van der Waals surface area contributed by atoms with Gasteiger partial charge in [-0.15, -0.1) is 0 Å². The third kappa shape index (κ3) is 4.85. The molecule has 1 aliphatic rings. The predicted molar refractivity (Wildman–Crippen MR) is 130 cm³/mol. The minimum absolute atomic E-state index is 0.108. The highest BCUT2D eigenvalue weighted by atomic mass is 35.5. The number of carbonyl (C=O) groups is 1. The van der Waals surface area contributed by atoms with Crippen molar-refractivity contribution >= 4 is 28.9 Å². The molecule has 4 rings (SSSR count). The molecule has 1 saturated heterocycles. The SMILES string of the molecule is Cc1c(F)ccc(C(=O)Nc2cc(-c3ccc(C#N)cc3)ccc2N2CCN(C)CC2)c1Cl. The maximum atomic E-state index is 13.8. The molecule has 0 atom stereocenters. The molecule has 0 unspecified atom stereocenters. The Hall–Kier alpha value is -3.40. The van der Waals surface area contributed by atoms with Gasteiger partial charge in [-0.2, -0.15) is 5.26 Å². The van der Waals surface area contributed by atoms with E-state index in [2.05, 4.69) is 28.2 Å². The van der Waals surface area contributed by atoms with E-state index in [0.717, 1.165) is 43.0 Å². The molecule has 1 N–H and O–H groups in total. The number of benzene rings is 3. The van der Waals surface area contributed by atoms with Crippen LogP contribution in [-0.2, 0) is 0 Å². The maximum absolute atomic E-state index is 13.8. The first-order valence-electron chi connectivity index (χ1n) is 10.7. The first-order valence-corrected chi connectivity index (χ1v) is 11.1. The van der Waals surface area contributed by atoms with E-state index in [0.29, 0.717) is 11.3 Å². The van der Waals surface area contributed by atoms with Crippen molar-refractivity contribution in [2.75, 3.05) is 43.4 Å². The Morgan fingerprint density at radius 2 is 1.70 bits per heavy atom. The summed E-state index contributed by atoms with van der Waals surface area (Å²) in [6.07, 6.45) is 0. The van der Waals surface area contributed by atoms with E-state index in [-0.39, 0.29) is 16.1 Å². The number of hydrogen-bond acceptors (Lipinski definition) is 4. The van der Waals surface area contributed by atoms with Crippen molar-refractivity contribution in [3.63, 3.8) is 0 Å². The average Bonchev–Trinajstić information content (AvgIpc) is 2.83. The molecule has 3 aromatic rings. The topological polar surface area (TPSA) is 59.4 Å². The van der Waals surface area contributed by atoms with E-state index in [9.17, 15) is 9.18 Å². The zero-order valence-corrected chi connectivity index (χ0v) is 19.3. The average molecular weight is 463 g/mol. The fraction of sp³-hybridized carbons (Fsp3) is 0.231. The molecule has 0 aromatic heterocycles. The predicted octanol–water partition coefficient (Wildman–Crippen LogP) is 5.33. The lowest BCUT2D eigenvalue weighted by Gasteiger charge is -2.35. The van der Waals surface area contributed by atoms with Crippen molar-refractivity contribution in [2.24, 2.45) is 0 Å². The molecule has 5 nitrogen and oxygen atoms in total. The van der Waals surface area contributed by atoms with Crippen molar-refractivity contribution in [1.82, 2.24) is 4.90 Å². The number of anilines is 2. The number of halogens is 2. The number of piperazine rings is 1. The Balaban J connectivity index is 1.71. The number of nitriles is 1. The van der Waals surface area contributed by atoms with Crippen LogP contribution in [0.4, 0.5) is 15.8 Å². The number of likely N-dealkylation sites (N-methyl/N-ethyl adjacent to an activating group) is 1. The van der Waals surface area contributed by atoms with Crippen molar-refractivity contribution in [3.05, 3.63) is 82.1 Å². The summed E-state index contributed by atoms with van der Waals surface area (Å²) in [6, 6.07) is 18.0. The lowest BCUT2D eigenvalue weighted by Crippen LogP contribution is -2.44. The van der Waals surface area contributed by atoms with E-state index >= 15 is 0 Å². The fourth-order valence-corrected chi connectivity index (χ4v) is 4.14. The summed E-state index contributed by atoms with van der Waals surface area (Å²) in [4.78, 5) is 17.6. The van der Waals surface area contributed by atoms with Crippen LogP contribution in [0.1, 0.15) is 21.5 Å². The number of carbonyl (C=O) groups excluding carboxylic acids is 1. The molecule has 0 bridgehead atoms. The van der Waals surface area contributed by atoms with Crippen LogP contribution in [0, 0.1) is 24.1 Å². The zero-order chi connectivity index (χ0) is 23.5. The first-order chi connectivity index (χ1) is 15.9. The standard InChI is InChI=1S/C26H24ClFN4O/c1-17-22(28)9-8-21(25(17)27)26(33)30-23-15-20(19-5-3-18(16-29)4-6-19)7-10-24(23)32-13-11-31(2)12-14-32/h3-10,15H,11-14H2,1-2H3,(H,30,33). The van der Waals surface area contributed by atoms with Crippen LogP contribution in [0.25, 0.3) is 11.1 Å². The summed E-state index contributed by atoms with van der Waals surface area (Å²) in [5.41, 5.74) is 4.48. The van der Waals surface area contributed by atoms with Gasteiger partial charge >= 0.3 is 0 Å². The largest absolute Gasteiger partial charge is 0.367 e. The Bertz CT molecular complexity index is 1230. The van der Waals surface area contributed by atoms with E-state index < -0.39 is 11.7 Å². The van der Waals surface area contributed by atoms with Crippen LogP contribution in [0.5, 0.6) is 0 Å². The maximum Gasteiger partial charge on any atom is 0.257 e. The van der Waals surface area contributed by atoms with E-state index in [1.807, 2.05) is 30.3 Å². The molecule has 168 valence electrons. The van der Waals surface area contributed by atoms with Gasteiger partial charge in [0.15, 0.2) is 0 Å². The summed E-state index contributed by atoms with van der Waals surface area (Å²) in [7, 11) is 2.09. The fourth-order valence-electron chi connectivity index (χ4n) is 3.90. The van der Waals surface area contributed by atoms with Gasteiger partial charge in [-0.1, -0.05) is 29.8 Å². The van der Waals surface area contributed by atoms with Crippen molar-refractivity contribution < 1.29 is 9.18 Å². The molecule has 0 saturated carbocycles. The zero-order valence-electron chi connectivity index (χ0n) is 18.5. The van der Waals surface area contributed by atoms with E-state index in [1.54, 1.807) is 19.1 Å². The van der Waals surface area contributed by atoms with Crippen molar-refractivity contribution in [3.8, 4) is 17.2 Å². The van der Waals surface area contributed by atoms with Gasteiger partial charge in [-0.25, -0.2) is 4.39 Å². The van der Waals surface area contributed by atoms with Crippen LogP contribution >= 0.6 is 11.6 Å². The second-order valence-electron chi connectivity index (χ2n) is 8.20. The molecule has 0 aliphatic carbocycles. The molecule has 0 radical (unpaired) electrons. The molecule has 33 heavy (non-hydrogen) atoms. The molecule has 1 heterocycles. The number of rotatable bonds is 4. The van der Waals surface area contributed by atoms with Gasteiger partial charge in [0, 0.05) is 31.7 Å². The number of amides is 1. The third-order valence-electron chi connectivity index (χ3n) is 6.00. The lowest BCUT2D eigenvalue weighted by molar-refractivity contribution is 0.102. The summed E-state index contributed by atoms with van der Waals surface area (Å²) in [6.45, 7) is 5.08. The second-order valence-corrected chi connectivity index (χ2v) is 8.58. The minimum Gasteiger partial charge on any atom is -0.367 e. The van der Waals surface area contributed by atoms with Crippen molar-refractivity contribution in [2.45, 2.75) is 6.92 Å². The highest BCUT2D eigenvalue weighted by Gasteiger charge is 2.21. The quantitative estimate of drug-likeness (QED) is 0.569. The Morgan fingerprint density at radius 3 is 2.36 bits per heavy atom. The lowest BCUT2D eigenvalue weighted by atomic mass is 10.0. The smallest absolute Gasteiger partial charge is 0.257 e. The Morgan fingerprint density at radius 1 is 1.03 bits per heavy atom. The van der Waals surface area contributed by atoms with Gasteiger partial charge in [0.05, 0.1) is 33.6 Å². The molecular weight excluding hydrogens is 439 g/mol. The number of nitrogens with zero attached hydrogens (tertiary/aromatic N) is 3. The van der Waals surface area contributed by atoms with Gasteiger partial charge in [0.2, 0.25) is 0 Å². The van der Waals surface area contributed by atoms with Gasteiger partial charge in [0.1, 0.15) is 5.82 Å². The summed E-state index contributed by atoms with van der Waals surface area (Å²) in [5, 5.41) is 12.2. The second kappa shape index (κ2) is 9.62. The molecule has 3 aromatic carbocycles. The molecular formula is C26H24ClFN4O. The van der Waals surface area contributed by atoms with Gasteiger partial charge < -0.3 is 15.1 Å². The van der Waals surface area contributed by atoms with E-state index in [4.69, 9.17) is 16.9 Å². The van der Waals surface area contributed by atoms with Crippen molar-refractivity contribution in [1.29, 1.82) is 5.26 Å². The van der Waals surface area contributed by atoms with Gasteiger partial charge in [0.25, 0.3) is 5.91 Å². The molecule has 7 heteroatoms. The Labute approximate surface area is 198 Å². The van der Waals surface area contributed by atoms with Crippen LogP contribution in [0.3, 0.4) is 0 Å². The highest BCUT2D eigenvalue weighted by molar-refractivity contribution is 6.35. The minimum atomic E-state index is -0.447. The Kier molecular flexibility index (Phi) is 6.64. The van der Waals surface area contributed by atoms with Crippen LogP contribution < -0.4 is 10.2 Å². The highest BCUT2D eigenvalue weighted by Crippen LogP contribution is 2.33. The van der Waals surface area contributed by atoms with Gasteiger partial charge in [-0.05, 0) is 61.5 Å². The summed E-state index contributed by atoms with van der Waals surface area (Å²) in [5.74, 6) is -0.840. The van der Waals surface area contributed by atoms with Crippen LogP contribution in [-0.4, -0.2) is 44.0 Å².